The van der Waals surface area contributed by atoms with Crippen LogP contribution >= 0.6 is 0 Å². The fraction of sp³-hybridized carbons (Fsp3) is 0.333. The Kier molecular flexibility index (Phi) is 4.50. The molecule has 5 rings (SSSR count). The summed E-state index contributed by atoms with van der Waals surface area (Å²) in [5.74, 6) is 0.615. The molecule has 0 bridgehead atoms. The minimum atomic E-state index is -0.490. The number of urea groups is 1. The van der Waals surface area contributed by atoms with Gasteiger partial charge in [-0.05, 0) is 24.1 Å². The van der Waals surface area contributed by atoms with Crippen LogP contribution in [0.3, 0.4) is 0 Å². The molecule has 0 unspecified atom stereocenters. The number of aromatic amines is 1. The summed E-state index contributed by atoms with van der Waals surface area (Å²) in [5.41, 5.74) is 3.99. The molecule has 30 heavy (non-hydrogen) atoms. The molecular weight excluding hydrogens is 378 g/mol. The first-order valence-corrected chi connectivity index (χ1v) is 10.5. The van der Waals surface area contributed by atoms with E-state index in [1.807, 2.05) is 42.5 Å². The van der Waals surface area contributed by atoms with Crippen molar-refractivity contribution in [1.82, 2.24) is 14.8 Å². The van der Waals surface area contributed by atoms with Crippen LogP contribution in [-0.4, -0.2) is 46.4 Å². The molecule has 2 aromatic carbocycles. The second-order valence-corrected chi connectivity index (χ2v) is 7.96. The Morgan fingerprint density at radius 2 is 1.87 bits per heavy atom. The van der Waals surface area contributed by atoms with Gasteiger partial charge in [0.05, 0.1) is 7.11 Å². The number of benzene rings is 2. The molecule has 0 saturated carbocycles. The lowest BCUT2D eigenvalue weighted by Gasteiger charge is -2.36. The van der Waals surface area contributed by atoms with Gasteiger partial charge < -0.3 is 9.72 Å². The number of methoxy groups -OCH3 is 1. The summed E-state index contributed by atoms with van der Waals surface area (Å²) in [6.07, 6.45) is 2.27. The highest BCUT2D eigenvalue weighted by Gasteiger charge is 2.52. The molecule has 3 amide bonds. The lowest BCUT2D eigenvalue weighted by Crippen LogP contribution is -2.44. The third-order valence-corrected chi connectivity index (χ3v) is 6.30. The van der Waals surface area contributed by atoms with Gasteiger partial charge in [-0.1, -0.05) is 49.7 Å². The predicted octanol–water partition coefficient (Wildman–Crippen LogP) is 4.25. The van der Waals surface area contributed by atoms with Crippen LogP contribution in [0.5, 0.6) is 5.75 Å². The second kappa shape index (κ2) is 7.20. The number of carbonyl (C=O) groups is 2. The fourth-order valence-corrected chi connectivity index (χ4v) is 4.87. The van der Waals surface area contributed by atoms with Crippen molar-refractivity contribution in [3.63, 3.8) is 0 Å². The van der Waals surface area contributed by atoms with E-state index in [2.05, 4.69) is 18.0 Å². The van der Waals surface area contributed by atoms with Crippen molar-refractivity contribution in [3.8, 4) is 5.75 Å². The standard InChI is InChI=1S/C24H25N3O3/c1-3-4-13-26-23(28)19-14-17-15-9-5-7-11-18(15)25-21(17)22(27(19)24(26)29)16-10-6-8-12-20(16)30-2/h5-12,19,22,25H,3-4,13-14H2,1-2H3/t19-,22-/m0/s1. The number of para-hydroxylation sites is 2. The number of H-pyrrole nitrogens is 1. The lowest BCUT2D eigenvalue weighted by molar-refractivity contribution is -0.128. The molecule has 0 radical (unpaired) electrons. The molecule has 1 N–H and O–H groups in total. The summed E-state index contributed by atoms with van der Waals surface area (Å²) in [7, 11) is 1.63. The van der Waals surface area contributed by atoms with Crippen molar-refractivity contribution >= 4 is 22.8 Å². The van der Waals surface area contributed by atoms with Gasteiger partial charge in [0.25, 0.3) is 5.91 Å². The SMILES string of the molecule is CCCCN1C(=O)[C@@H]2Cc3c([nH]c4ccccc34)[C@H](c3ccccc3OC)N2C1=O. The highest BCUT2D eigenvalue weighted by Crippen LogP contribution is 2.46. The molecule has 1 fully saturated rings. The number of carbonyl (C=O) groups excluding carboxylic acids is 2. The molecular formula is C24H25N3O3. The Labute approximate surface area is 175 Å². The van der Waals surface area contributed by atoms with Gasteiger partial charge in [-0.15, -0.1) is 0 Å². The number of amides is 3. The number of imide groups is 1. The normalized spacial score (nSPS) is 20.6. The Bertz CT molecular complexity index is 1140. The largest absolute Gasteiger partial charge is 0.496 e. The van der Waals surface area contributed by atoms with E-state index >= 15 is 0 Å². The first-order valence-electron chi connectivity index (χ1n) is 10.5. The van der Waals surface area contributed by atoms with Crippen LogP contribution in [0.1, 0.15) is 42.6 Å². The number of aromatic nitrogens is 1. The molecule has 3 aromatic rings. The van der Waals surface area contributed by atoms with E-state index in [0.29, 0.717) is 18.7 Å². The number of ether oxygens (including phenoxy) is 1. The van der Waals surface area contributed by atoms with E-state index in [1.54, 1.807) is 12.0 Å². The summed E-state index contributed by atoms with van der Waals surface area (Å²) >= 11 is 0. The number of hydrogen-bond donors (Lipinski definition) is 1. The van der Waals surface area contributed by atoms with Gasteiger partial charge in [-0.2, -0.15) is 0 Å². The van der Waals surface area contributed by atoms with Crippen LogP contribution in [-0.2, 0) is 11.2 Å². The van der Waals surface area contributed by atoms with Crippen LogP contribution in [0, 0.1) is 0 Å². The third-order valence-electron chi connectivity index (χ3n) is 6.30. The van der Waals surface area contributed by atoms with Crippen LogP contribution in [0.2, 0.25) is 0 Å². The molecule has 2 aliphatic heterocycles. The van der Waals surface area contributed by atoms with E-state index in [-0.39, 0.29) is 11.9 Å². The van der Waals surface area contributed by atoms with Crippen molar-refractivity contribution < 1.29 is 14.3 Å². The molecule has 0 spiro atoms. The summed E-state index contributed by atoms with van der Waals surface area (Å²) in [5, 5.41) is 1.11. The van der Waals surface area contributed by atoms with Gasteiger partial charge in [-0.25, -0.2) is 4.79 Å². The highest BCUT2D eigenvalue weighted by atomic mass is 16.5. The highest BCUT2D eigenvalue weighted by molar-refractivity contribution is 6.05. The molecule has 2 aliphatic rings. The van der Waals surface area contributed by atoms with Crippen molar-refractivity contribution in [1.29, 1.82) is 0 Å². The zero-order chi connectivity index (χ0) is 20.8. The number of unbranched alkanes of at least 4 members (excludes halogenated alkanes) is 1. The summed E-state index contributed by atoms with van der Waals surface area (Å²) in [6.45, 7) is 2.53. The molecule has 2 atom stereocenters. The summed E-state index contributed by atoms with van der Waals surface area (Å²) in [6, 6.07) is 14.8. The van der Waals surface area contributed by atoms with Crippen molar-refractivity contribution in [2.75, 3.05) is 13.7 Å². The number of nitrogens with zero attached hydrogens (tertiary/aromatic N) is 2. The molecule has 154 valence electrons. The number of fused-ring (bicyclic) bond motifs is 4. The van der Waals surface area contributed by atoms with E-state index in [0.717, 1.165) is 40.6 Å². The maximum Gasteiger partial charge on any atom is 0.328 e. The van der Waals surface area contributed by atoms with E-state index in [9.17, 15) is 9.59 Å². The van der Waals surface area contributed by atoms with Crippen molar-refractivity contribution in [2.45, 2.75) is 38.3 Å². The van der Waals surface area contributed by atoms with Crippen LogP contribution in [0.25, 0.3) is 10.9 Å². The van der Waals surface area contributed by atoms with E-state index < -0.39 is 12.1 Å². The first kappa shape index (κ1) is 18.7. The lowest BCUT2D eigenvalue weighted by atomic mass is 9.88. The third kappa shape index (κ3) is 2.63. The van der Waals surface area contributed by atoms with Gasteiger partial charge in [0.2, 0.25) is 0 Å². The Balaban J connectivity index is 1.71. The number of nitrogens with one attached hydrogen (secondary N) is 1. The van der Waals surface area contributed by atoms with Crippen molar-refractivity contribution in [3.05, 3.63) is 65.4 Å². The molecule has 1 saturated heterocycles. The zero-order valence-corrected chi connectivity index (χ0v) is 17.2. The quantitative estimate of drug-likeness (QED) is 0.648. The van der Waals surface area contributed by atoms with E-state index in [4.69, 9.17) is 4.74 Å². The first-order chi connectivity index (χ1) is 14.7. The van der Waals surface area contributed by atoms with Crippen molar-refractivity contribution in [2.24, 2.45) is 0 Å². The summed E-state index contributed by atoms with van der Waals surface area (Å²) < 4.78 is 5.64. The maximum atomic E-state index is 13.4. The van der Waals surface area contributed by atoms with Gasteiger partial charge in [0, 0.05) is 35.1 Å². The van der Waals surface area contributed by atoms with Gasteiger partial charge in [0.1, 0.15) is 17.8 Å². The predicted molar refractivity (Wildman–Crippen MR) is 114 cm³/mol. The topological polar surface area (TPSA) is 65.6 Å². The Hall–Kier alpha value is -3.28. The summed E-state index contributed by atoms with van der Waals surface area (Å²) in [4.78, 5) is 33.5. The smallest absolute Gasteiger partial charge is 0.328 e. The molecule has 6 nitrogen and oxygen atoms in total. The molecule has 1 aromatic heterocycles. The minimum Gasteiger partial charge on any atom is -0.496 e. The van der Waals surface area contributed by atoms with Crippen LogP contribution in [0.4, 0.5) is 4.79 Å². The number of hydrogen-bond acceptors (Lipinski definition) is 3. The average Bonchev–Trinajstić information content (AvgIpc) is 3.26. The molecule has 6 heteroatoms. The van der Waals surface area contributed by atoms with Gasteiger partial charge >= 0.3 is 6.03 Å². The fourth-order valence-electron chi connectivity index (χ4n) is 4.87. The Morgan fingerprint density at radius 1 is 1.10 bits per heavy atom. The zero-order valence-electron chi connectivity index (χ0n) is 17.2. The second-order valence-electron chi connectivity index (χ2n) is 7.96. The maximum absolute atomic E-state index is 13.4. The minimum absolute atomic E-state index is 0.0933. The molecule has 0 aliphatic carbocycles. The van der Waals surface area contributed by atoms with Gasteiger partial charge in [0.15, 0.2) is 0 Å². The molecule has 3 heterocycles. The van der Waals surface area contributed by atoms with E-state index in [1.165, 1.54) is 4.90 Å². The monoisotopic (exact) mass is 403 g/mol. The number of rotatable bonds is 5. The van der Waals surface area contributed by atoms with Gasteiger partial charge in [-0.3, -0.25) is 14.6 Å². The average molecular weight is 403 g/mol. The Morgan fingerprint density at radius 3 is 2.67 bits per heavy atom. The van der Waals surface area contributed by atoms with Crippen LogP contribution in [0.15, 0.2) is 48.5 Å². The van der Waals surface area contributed by atoms with Crippen LogP contribution < -0.4 is 4.74 Å².